The van der Waals surface area contributed by atoms with Gasteiger partial charge in [-0.1, -0.05) is 43.3 Å². The topological polar surface area (TPSA) is 66.4 Å². The van der Waals surface area contributed by atoms with E-state index in [4.69, 9.17) is 0 Å². The van der Waals surface area contributed by atoms with Crippen LogP contribution in [0.2, 0.25) is 0 Å². The van der Waals surface area contributed by atoms with Crippen molar-refractivity contribution in [2.75, 3.05) is 0 Å². The summed E-state index contributed by atoms with van der Waals surface area (Å²) in [4.78, 5) is 0.205. The van der Waals surface area contributed by atoms with E-state index in [1.165, 1.54) is 0 Å². The highest BCUT2D eigenvalue weighted by atomic mass is 32.2. The molecule has 0 aliphatic heterocycles. The van der Waals surface area contributed by atoms with Crippen molar-refractivity contribution >= 4 is 10.0 Å². The molecule has 5 heteroatoms. The van der Waals surface area contributed by atoms with E-state index < -0.39 is 16.1 Å². The lowest BCUT2D eigenvalue weighted by Gasteiger charge is -2.23. The van der Waals surface area contributed by atoms with Crippen LogP contribution in [-0.4, -0.2) is 13.5 Å². The Kier molecular flexibility index (Phi) is 5.00. The Balaban J connectivity index is 2.38. The number of hydrogen-bond donors (Lipinski definition) is 2. The number of sulfonamides is 1. The normalized spacial score (nSPS) is 14.2. The monoisotopic (exact) mass is 317 g/mol. The van der Waals surface area contributed by atoms with Crippen molar-refractivity contribution in [3.8, 4) is 5.75 Å². The fraction of sp³-hybridized carbons (Fsp3) is 0.176. The molecular weight excluding hydrogens is 298 g/mol. The molecule has 0 heterocycles. The summed E-state index contributed by atoms with van der Waals surface area (Å²) in [5.41, 5.74) is 0.687. The highest BCUT2D eigenvalue weighted by Gasteiger charge is 2.24. The van der Waals surface area contributed by atoms with Crippen LogP contribution < -0.4 is 4.72 Å². The summed E-state index contributed by atoms with van der Waals surface area (Å²) in [5.74, 6) is -0.0436. The van der Waals surface area contributed by atoms with Gasteiger partial charge in [-0.25, -0.2) is 13.1 Å². The Morgan fingerprint density at radius 2 is 1.82 bits per heavy atom. The Morgan fingerprint density at radius 3 is 2.41 bits per heavy atom. The first-order chi connectivity index (χ1) is 10.4. The lowest BCUT2D eigenvalue weighted by molar-refractivity contribution is 0.466. The molecule has 116 valence electrons. The fourth-order valence-electron chi connectivity index (χ4n) is 2.17. The lowest BCUT2D eigenvalue weighted by atomic mass is 9.95. The second kappa shape index (κ2) is 6.77. The summed E-state index contributed by atoms with van der Waals surface area (Å²) < 4.78 is 27.7. The molecule has 0 unspecified atom stereocenters. The Morgan fingerprint density at radius 1 is 1.14 bits per heavy atom. The van der Waals surface area contributed by atoms with Crippen LogP contribution in [0.1, 0.15) is 18.5 Å². The van der Waals surface area contributed by atoms with Crippen molar-refractivity contribution in [1.82, 2.24) is 4.72 Å². The molecule has 4 nitrogen and oxygen atoms in total. The standard InChI is InChI=1S/C17H19NO3S/c1-3-13(2)17(14-8-7-9-15(19)12-14)18-22(20,21)16-10-5-4-6-11-16/h3-13,17-19H,1H2,2H3/t13-,17+/m1/s1. The van der Waals surface area contributed by atoms with Gasteiger partial charge in [0.25, 0.3) is 0 Å². The number of benzene rings is 2. The molecule has 0 aliphatic rings. The van der Waals surface area contributed by atoms with Crippen molar-refractivity contribution in [2.45, 2.75) is 17.9 Å². The van der Waals surface area contributed by atoms with Crippen LogP contribution in [0.5, 0.6) is 5.75 Å². The minimum Gasteiger partial charge on any atom is -0.508 e. The number of phenols is 1. The van der Waals surface area contributed by atoms with Crippen LogP contribution in [0.4, 0.5) is 0 Å². The minimum atomic E-state index is -3.66. The second-order valence-corrected chi connectivity index (χ2v) is 6.82. The van der Waals surface area contributed by atoms with Crippen molar-refractivity contribution in [3.63, 3.8) is 0 Å². The average molecular weight is 317 g/mol. The predicted molar refractivity (Wildman–Crippen MR) is 87.0 cm³/mol. The first kappa shape index (κ1) is 16.3. The van der Waals surface area contributed by atoms with Crippen molar-refractivity contribution in [2.24, 2.45) is 5.92 Å². The molecule has 22 heavy (non-hydrogen) atoms. The number of phenolic OH excluding ortho intramolecular Hbond substituents is 1. The van der Waals surface area contributed by atoms with Gasteiger partial charge < -0.3 is 5.11 Å². The van der Waals surface area contributed by atoms with Crippen molar-refractivity contribution in [1.29, 1.82) is 0 Å². The summed E-state index contributed by atoms with van der Waals surface area (Å²) in [5, 5.41) is 9.63. The minimum absolute atomic E-state index is 0.0951. The van der Waals surface area contributed by atoms with Gasteiger partial charge in [0.2, 0.25) is 10.0 Å². The zero-order valence-electron chi connectivity index (χ0n) is 12.3. The Hall–Kier alpha value is -2.11. The van der Waals surface area contributed by atoms with E-state index >= 15 is 0 Å². The van der Waals surface area contributed by atoms with Gasteiger partial charge in [0, 0.05) is 0 Å². The molecule has 2 atom stereocenters. The third-order valence-corrected chi connectivity index (χ3v) is 4.92. The van der Waals surface area contributed by atoms with E-state index in [1.54, 1.807) is 60.7 Å². The van der Waals surface area contributed by atoms with E-state index in [0.29, 0.717) is 5.56 Å². The third-order valence-electron chi connectivity index (χ3n) is 3.46. The van der Waals surface area contributed by atoms with Gasteiger partial charge in [-0.3, -0.25) is 0 Å². The number of rotatable bonds is 6. The van der Waals surface area contributed by atoms with Crippen molar-refractivity contribution in [3.05, 3.63) is 72.8 Å². The average Bonchev–Trinajstić information content (AvgIpc) is 2.53. The first-order valence-electron chi connectivity index (χ1n) is 6.93. The zero-order chi connectivity index (χ0) is 16.2. The fourth-order valence-corrected chi connectivity index (χ4v) is 3.50. The summed E-state index contributed by atoms with van der Waals surface area (Å²) in [7, 11) is -3.66. The summed E-state index contributed by atoms with van der Waals surface area (Å²) in [6.45, 7) is 5.61. The third kappa shape index (κ3) is 3.75. The molecule has 0 aromatic heterocycles. The summed E-state index contributed by atoms with van der Waals surface area (Å²) >= 11 is 0. The van der Waals surface area contributed by atoms with Crippen LogP contribution >= 0.6 is 0 Å². The van der Waals surface area contributed by atoms with Crippen LogP contribution in [0.3, 0.4) is 0 Å². The van der Waals surface area contributed by atoms with Gasteiger partial charge in [0.15, 0.2) is 0 Å². The largest absolute Gasteiger partial charge is 0.508 e. The van der Waals surface area contributed by atoms with E-state index in [-0.39, 0.29) is 16.6 Å². The van der Waals surface area contributed by atoms with Gasteiger partial charge in [-0.2, -0.15) is 0 Å². The molecule has 0 fully saturated rings. The molecule has 0 amide bonds. The Bertz CT molecular complexity index is 742. The quantitative estimate of drug-likeness (QED) is 0.804. The van der Waals surface area contributed by atoms with Gasteiger partial charge >= 0.3 is 0 Å². The molecule has 2 N–H and O–H groups in total. The molecule has 0 spiro atoms. The van der Waals surface area contributed by atoms with Gasteiger partial charge in [0.1, 0.15) is 5.75 Å². The second-order valence-electron chi connectivity index (χ2n) is 5.10. The van der Waals surface area contributed by atoms with E-state index in [0.717, 1.165) is 0 Å². The Labute approximate surface area is 131 Å². The maximum absolute atomic E-state index is 12.5. The van der Waals surface area contributed by atoms with E-state index in [1.807, 2.05) is 6.92 Å². The number of aromatic hydroxyl groups is 1. The highest BCUT2D eigenvalue weighted by Crippen LogP contribution is 2.27. The zero-order valence-corrected chi connectivity index (χ0v) is 13.1. The molecule has 0 bridgehead atoms. The first-order valence-corrected chi connectivity index (χ1v) is 8.41. The number of hydrogen-bond acceptors (Lipinski definition) is 3. The van der Waals surface area contributed by atoms with Gasteiger partial charge in [-0.05, 0) is 35.7 Å². The van der Waals surface area contributed by atoms with Gasteiger partial charge in [-0.15, -0.1) is 6.58 Å². The van der Waals surface area contributed by atoms with Gasteiger partial charge in [0.05, 0.1) is 10.9 Å². The summed E-state index contributed by atoms with van der Waals surface area (Å²) in [6, 6.07) is 14.3. The van der Waals surface area contributed by atoms with E-state index in [2.05, 4.69) is 11.3 Å². The molecule has 2 aromatic rings. The van der Waals surface area contributed by atoms with E-state index in [9.17, 15) is 13.5 Å². The smallest absolute Gasteiger partial charge is 0.241 e. The molecule has 2 aromatic carbocycles. The molecule has 0 saturated carbocycles. The van der Waals surface area contributed by atoms with Crippen LogP contribution in [0.25, 0.3) is 0 Å². The molecule has 0 saturated heterocycles. The maximum Gasteiger partial charge on any atom is 0.241 e. The molecule has 0 radical (unpaired) electrons. The lowest BCUT2D eigenvalue weighted by Crippen LogP contribution is -2.32. The van der Waals surface area contributed by atoms with Crippen LogP contribution in [0.15, 0.2) is 72.1 Å². The highest BCUT2D eigenvalue weighted by molar-refractivity contribution is 7.89. The predicted octanol–water partition coefficient (Wildman–Crippen LogP) is 3.23. The molecule has 2 rings (SSSR count). The molecular formula is C17H19NO3S. The van der Waals surface area contributed by atoms with Crippen LogP contribution in [0, 0.1) is 5.92 Å². The van der Waals surface area contributed by atoms with Crippen molar-refractivity contribution < 1.29 is 13.5 Å². The maximum atomic E-state index is 12.5. The SMILES string of the molecule is C=C[C@@H](C)[C@H](NS(=O)(=O)c1ccccc1)c1cccc(O)c1. The number of nitrogens with one attached hydrogen (secondary N) is 1. The van der Waals surface area contributed by atoms with Crippen LogP contribution in [-0.2, 0) is 10.0 Å². The summed E-state index contributed by atoms with van der Waals surface area (Å²) in [6.07, 6.45) is 1.68. The molecule has 0 aliphatic carbocycles.